The van der Waals surface area contributed by atoms with Gasteiger partial charge in [0.1, 0.15) is 11.6 Å². The standard InChI is InChI=1S/C18H28O4/c1-16(2)11-21-18(22-12-16)8-7-17(3)9-13(19)5-4-6-15(20)14(17)10-18/h14H,4-12H2,1-3H3/t14-,17+/m1/s1. The van der Waals surface area contributed by atoms with Crippen LogP contribution < -0.4 is 0 Å². The lowest BCUT2D eigenvalue weighted by molar-refractivity contribution is -0.321. The Kier molecular flexibility index (Phi) is 3.97. The quantitative estimate of drug-likeness (QED) is 0.689. The SMILES string of the molecule is CC1(C)COC2(CC[C@@]3(C)CC(=O)CCCC(=O)[C@H]3C2)OC1. The van der Waals surface area contributed by atoms with Crippen molar-refractivity contribution in [1.82, 2.24) is 0 Å². The molecule has 2 aliphatic carbocycles. The lowest BCUT2D eigenvalue weighted by Gasteiger charge is -2.52. The van der Waals surface area contributed by atoms with E-state index in [4.69, 9.17) is 9.47 Å². The van der Waals surface area contributed by atoms with Crippen LogP contribution >= 0.6 is 0 Å². The van der Waals surface area contributed by atoms with Gasteiger partial charge in [-0.3, -0.25) is 9.59 Å². The number of rotatable bonds is 0. The summed E-state index contributed by atoms with van der Waals surface area (Å²) >= 11 is 0. The minimum Gasteiger partial charge on any atom is -0.349 e. The summed E-state index contributed by atoms with van der Waals surface area (Å²) in [6.45, 7) is 7.71. The van der Waals surface area contributed by atoms with Gasteiger partial charge >= 0.3 is 0 Å². The molecule has 0 amide bonds. The Hall–Kier alpha value is -0.740. The summed E-state index contributed by atoms with van der Waals surface area (Å²) in [7, 11) is 0. The molecule has 3 aliphatic rings. The third kappa shape index (κ3) is 3.00. The summed E-state index contributed by atoms with van der Waals surface area (Å²) in [4.78, 5) is 24.7. The van der Waals surface area contributed by atoms with Crippen molar-refractivity contribution < 1.29 is 19.1 Å². The van der Waals surface area contributed by atoms with E-state index in [0.717, 1.165) is 12.8 Å². The zero-order chi connectivity index (χ0) is 16.0. The highest BCUT2D eigenvalue weighted by molar-refractivity contribution is 5.86. The van der Waals surface area contributed by atoms with Gasteiger partial charge in [0.05, 0.1) is 13.2 Å². The first-order valence-electron chi connectivity index (χ1n) is 8.56. The van der Waals surface area contributed by atoms with Gasteiger partial charge in [-0.1, -0.05) is 20.8 Å². The summed E-state index contributed by atoms with van der Waals surface area (Å²) in [6.07, 6.45) is 4.54. The number of fused-ring (bicyclic) bond motifs is 1. The highest BCUT2D eigenvalue weighted by atomic mass is 16.7. The Morgan fingerprint density at radius 2 is 1.68 bits per heavy atom. The first-order valence-corrected chi connectivity index (χ1v) is 8.56. The van der Waals surface area contributed by atoms with E-state index in [1.54, 1.807) is 0 Å². The van der Waals surface area contributed by atoms with Crippen LogP contribution in [0.3, 0.4) is 0 Å². The second kappa shape index (κ2) is 5.41. The van der Waals surface area contributed by atoms with Gasteiger partial charge in [-0.25, -0.2) is 0 Å². The summed E-state index contributed by atoms with van der Waals surface area (Å²) in [6, 6.07) is 0. The molecule has 3 fully saturated rings. The first kappa shape index (κ1) is 16.1. The summed E-state index contributed by atoms with van der Waals surface area (Å²) < 4.78 is 12.2. The molecular formula is C18H28O4. The van der Waals surface area contributed by atoms with Crippen LogP contribution in [0.4, 0.5) is 0 Å². The van der Waals surface area contributed by atoms with Crippen molar-refractivity contribution in [3.8, 4) is 0 Å². The number of carbonyl (C=O) groups is 2. The molecule has 0 N–H and O–H groups in total. The second-order valence-electron chi connectivity index (χ2n) is 8.60. The Morgan fingerprint density at radius 3 is 2.36 bits per heavy atom. The van der Waals surface area contributed by atoms with Gasteiger partial charge in [0.25, 0.3) is 0 Å². The summed E-state index contributed by atoms with van der Waals surface area (Å²) in [5, 5.41) is 0. The number of ketones is 2. The predicted molar refractivity (Wildman–Crippen MR) is 82.3 cm³/mol. The average Bonchev–Trinajstić information content (AvgIpc) is 2.44. The van der Waals surface area contributed by atoms with Gasteiger partial charge in [-0.2, -0.15) is 0 Å². The third-order valence-corrected chi connectivity index (χ3v) is 5.75. The molecule has 2 saturated carbocycles. The van der Waals surface area contributed by atoms with Crippen LogP contribution in [-0.2, 0) is 19.1 Å². The van der Waals surface area contributed by atoms with Crippen molar-refractivity contribution in [2.75, 3.05) is 13.2 Å². The number of carbonyl (C=O) groups excluding carboxylic acids is 2. The highest BCUT2D eigenvalue weighted by Crippen LogP contribution is 2.52. The Bertz CT molecular complexity index is 471. The van der Waals surface area contributed by atoms with Crippen LogP contribution in [-0.4, -0.2) is 30.6 Å². The molecule has 1 saturated heterocycles. The zero-order valence-electron chi connectivity index (χ0n) is 14.1. The molecule has 0 aromatic carbocycles. The molecule has 124 valence electrons. The maximum absolute atomic E-state index is 12.6. The molecule has 2 atom stereocenters. The van der Waals surface area contributed by atoms with Crippen molar-refractivity contribution in [2.24, 2.45) is 16.7 Å². The molecule has 0 aromatic rings. The zero-order valence-corrected chi connectivity index (χ0v) is 14.1. The maximum atomic E-state index is 12.6. The average molecular weight is 308 g/mol. The molecule has 4 heteroatoms. The van der Waals surface area contributed by atoms with Crippen LogP contribution in [0.15, 0.2) is 0 Å². The molecule has 4 nitrogen and oxygen atoms in total. The minimum absolute atomic E-state index is 0.0346. The highest BCUT2D eigenvalue weighted by Gasteiger charge is 2.53. The minimum atomic E-state index is -0.600. The lowest BCUT2D eigenvalue weighted by Crippen LogP contribution is -2.55. The fourth-order valence-corrected chi connectivity index (χ4v) is 4.20. The fraction of sp³-hybridized carbons (Fsp3) is 0.889. The number of ether oxygens (including phenoxy) is 2. The molecule has 1 heterocycles. The van der Waals surface area contributed by atoms with Gasteiger partial charge in [-0.05, 0) is 18.3 Å². The van der Waals surface area contributed by atoms with E-state index in [1.807, 2.05) is 0 Å². The molecule has 0 unspecified atom stereocenters. The number of hydrogen-bond acceptors (Lipinski definition) is 4. The van der Waals surface area contributed by atoms with E-state index < -0.39 is 5.79 Å². The third-order valence-electron chi connectivity index (χ3n) is 5.75. The van der Waals surface area contributed by atoms with Crippen LogP contribution in [0.1, 0.15) is 65.7 Å². The van der Waals surface area contributed by atoms with Crippen molar-refractivity contribution >= 4 is 11.6 Å². The van der Waals surface area contributed by atoms with Gasteiger partial charge in [0.15, 0.2) is 5.79 Å². The summed E-state index contributed by atoms with van der Waals surface area (Å²) in [5.74, 6) is -0.0992. The maximum Gasteiger partial charge on any atom is 0.169 e. The molecule has 0 bridgehead atoms. The summed E-state index contributed by atoms with van der Waals surface area (Å²) in [5.41, 5.74) is -0.174. The van der Waals surface area contributed by atoms with Crippen molar-refractivity contribution in [3.63, 3.8) is 0 Å². The lowest BCUT2D eigenvalue weighted by atomic mass is 9.60. The number of Topliss-reactive ketones (excluding diaryl/α,β-unsaturated/α-hetero) is 2. The molecule has 0 radical (unpaired) electrons. The van der Waals surface area contributed by atoms with Crippen molar-refractivity contribution in [1.29, 1.82) is 0 Å². The van der Waals surface area contributed by atoms with Gasteiger partial charge in [-0.15, -0.1) is 0 Å². The van der Waals surface area contributed by atoms with Crippen molar-refractivity contribution in [3.05, 3.63) is 0 Å². The van der Waals surface area contributed by atoms with Crippen LogP contribution in [0.25, 0.3) is 0 Å². The topological polar surface area (TPSA) is 52.6 Å². The molecule has 1 aliphatic heterocycles. The Balaban J connectivity index is 1.80. The Labute approximate surface area is 132 Å². The van der Waals surface area contributed by atoms with E-state index in [1.165, 1.54) is 0 Å². The molecule has 3 rings (SSSR count). The van der Waals surface area contributed by atoms with Gasteiger partial charge < -0.3 is 9.47 Å². The van der Waals surface area contributed by atoms with E-state index in [9.17, 15) is 9.59 Å². The molecule has 0 aromatic heterocycles. The fourth-order valence-electron chi connectivity index (χ4n) is 4.20. The monoisotopic (exact) mass is 308 g/mol. The largest absolute Gasteiger partial charge is 0.349 e. The first-order chi connectivity index (χ1) is 10.2. The number of hydrogen-bond donors (Lipinski definition) is 0. The normalized spacial score (nSPS) is 38.2. The Morgan fingerprint density at radius 1 is 1.00 bits per heavy atom. The van der Waals surface area contributed by atoms with E-state index in [2.05, 4.69) is 20.8 Å². The molecule has 22 heavy (non-hydrogen) atoms. The van der Waals surface area contributed by atoms with Gasteiger partial charge in [0, 0.05) is 43.4 Å². The van der Waals surface area contributed by atoms with E-state index in [0.29, 0.717) is 56.9 Å². The van der Waals surface area contributed by atoms with Crippen molar-refractivity contribution in [2.45, 2.75) is 71.5 Å². The second-order valence-corrected chi connectivity index (χ2v) is 8.60. The van der Waals surface area contributed by atoms with Gasteiger partial charge in [0.2, 0.25) is 0 Å². The van der Waals surface area contributed by atoms with E-state index in [-0.39, 0.29) is 16.7 Å². The van der Waals surface area contributed by atoms with Crippen LogP contribution in [0.2, 0.25) is 0 Å². The van der Waals surface area contributed by atoms with E-state index >= 15 is 0 Å². The molecule has 1 spiro atoms. The van der Waals surface area contributed by atoms with Crippen LogP contribution in [0, 0.1) is 16.7 Å². The predicted octanol–water partition coefficient (Wildman–Crippen LogP) is 3.27. The van der Waals surface area contributed by atoms with Crippen LogP contribution in [0.5, 0.6) is 0 Å². The smallest absolute Gasteiger partial charge is 0.169 e. The molecular weight excluding hydrogens is 280 g/mol.